The Hall–Kier alpha value is -5.05. The molecule has 2 aromatic heterocycles. The third kappa shape index (κ3) is 8.52. The standard InChI is InChI=1S/C40H47N5O4/c1-40(2,3)37(49-39(41)46)30-17-15-27(16-18-30)24-42-31-19-20-32-34(23-31)45(4)44-36(32)33-21-22-35(47-25-28-11-7-5-8-12-28)43-38(33)48-26-29-13-9-6-10-14-29/h5-14,19-23,27,30,37,42H,15-18,24-26H2,1-4H3,(H2,41,46). The second-order valence-electron chi connectivity index (χ2n) is 14.1. The number of benzene rings is 3. The van der Waals surface area contributed by atoms with Crippen LogP contribution in [0, 0.1) is 17.3 Å². The predicted molar refractivity (Wildman–Crippen MR) is 193 cm³/mol. The van der Waals surface area contributed by atoms with E-state index in [1.807, 2.05) is 84.5 Å². The fourth-order valence-electron chi connectivity index (χ4n) is 6.88. The lowest BCUT2D eigenvalue weighted by Crippen LogP contribution is -2.41. The number of amides is 1. The van der Waals surface area contributed by atoms with Crippen LogP contribution >= 0.6 is 0 Å². The number of carbonyl (C=O) groups is 1. The van der Waals surface area contributed by atoms with E-state index in [0.717, 1.165) is 71.2 Å². The molecule has 1 saturated carbocycles. The van der Waals surface area contributed by atoms with E-state index in [-0.39, 0.29) is 11.5 Å². The lowest BCUT2D eigenvalue weighted by atomic mass is 9.72. The Balaban J connectivity index is 1.16. The van der Waals surface area contributed by atoms with Gasteiger partial charge in [-0.05, 0) is 78.3 Å². The molecule has 1 aliphatic carbocycles. The largest absolute Gasteiger partial charge is 0.473 e. The second kappa shape index (κ2) is 15.0. The number of nitrogens with one attached hydrogen (secondary N) is 1. The molecule has 3 N–H and O–H groups in total. The van der Waals surface area contributed by atoms with Gasteiger partial charge in [0.05, 0.1) is 11.1 Å². The van der Waals surface area contributed by atoms with Gasteiger partial charge in [-0.3, -0.25) is 4.68 Å². The summed E-state index contributed by atoms with van der Waals surface area (Å²) in [5.41, 5.74) is 11.1. The van der Waals surface area contributed by atoms with E-state index in [9.17, 15) is 4.79 Å². The summed E-state index contributed by atoms with van der Waals surface area (Å²) in [6.07, 6.45) is 3.34. The Kier molecular flexibility index (Phi) is 10.4. The van der Waals surface area contributed by atoms with E-state index in [2.05, 4.69) is 44.3 Å². The highest BCUT2D eigenvalue weighted by Gasteiger charge is 2.37. The first kappa shape index (κ1) is 33.8. The fraction of sp³-hybridized carbons (Fsp3) is 0.375. The van der Waals surface area contributed by atoms with Crippen LogP contribution in [0.3, 0.4) is 0 Å². The fourth-order valence-corrected chi connectivity index (χ4v) is 6.88. The lowest BCUT2D eigenvalue weighted by molar-refractivity contribution is -0.0187. The molecule has 2 heterocycles. The summed E-state index contributed by atoms with van der Waals surface area (Å²) in [6, 6.07) is 30.3. The monoisotopic (exact) mass is 661 g/mol. The minimum absolute atomic E-state index is 0.148. The second-order valence-corrected chi connectivity index (χ2v) is 14.1. The van der Waals surface area contributed by atoms with Gasteiger partial charge in [0.1, 0.15) is 25.0 Å². The Morgan fingerprint density at radius 3 is 2.18 bits per heavy atom. The summed E-state index contributed by atoms with van der Waals surface area (Å²) < 4.78 is 19.9. The van der Waals surface area contributed by atoms with Crippen molar-refractivity contribution in [3.63, 3.8) is 0 Å². The maximum Gasteiger partial charge on any atom is 0.404 e. The van der Waals surface area contributed by atoms with Crippen molar-refractivity contribution >= 4 is 22.7 Å². The predicted octanol–water partition coefficient (Wildman–Crippen LogP) is 8.52. The van der Waals surface area contributed by atoms with Crippen LogP contribution in [0.1, 0.15) is 57.6 Å². The number of rotatable bonds is 12. The van der Waals surface area contributed by atoms with Gasteiger partial charge in [0.25, 0.3) is 0 Å². The molecule has 1 amide bonds. The summed E-state index contributed by atoms with van der Waals surface area (Å²) in [6.45, 7) is 8.00. The average molecular weight is 662 g/mol. The van der Waals surface area contributed by atoms with Crippen LogP contribution in [-0.4, -0.2) is 33.5 Å². The van der Waals surface area contributed by atoms with Crippen molar-refractivity contribution in [3.05, 3.63) is 102 Å². The highest BCUT2D eigenvalue weighted by atomic mass is 16.6. The first-order valence-corrected chi connectivity index (χ1v) is 17.2. The molecule has 0 radical (unpaired) electrons. The molecule has 5 aromatic rings. The molecule has 1 aliphatic rings. The van der Waals surface area contributed by atoms with Crippen molar-refractivity contribution in [1.29, 1.82) is 0 Å². The minimum Gasteiger partial charge on any atom is -0.473 e. The molecule has 0 saturated heterocycles. The normalized spacial score (nSPS) is 17.0. The summed E-state index contributed by atoms with van der Waals surface area (Å²) in [4.78, 5) is 16.4. The first-order valence-electron chi connectivity index (χ1n) is 17.2. The number of ether oxygens (including phenoxy) is 3. The molecule has 9 heteroatoms. The van der Waals surface area contributed by atoms with Crippen molar-refractivity contribution in [3.8, 4) is 23.0 Å². The maximum atomic E-state index is 11.6. The van der Waals surface area contributed by atoms with Crippen molar-refractivity contribution in [2.75, 3.05) is 11.9 Å². The number of fused-ring (bicyclic) bond motifs is 1. The van der Waals surface area contributed by atoms with Gasteiger partial charge in [-0.15, -0.1) is 0 Å². The summed E-state index contributed by atoms with van der Waals surface area (Å²) in [5.74, 6) is 1.84. The Labute approximate surface area is 288 Å². The number of aryl methyl sites for hydroxylation is 1. The zero-order chi connectivity index (χ0) is 34.4. The third-order valence-corrected chi connectivity index (χ3v) is 9.40. The Morgan fingerprint density at radius 2 is 1.55 bits per heavy atom. The van der Waals surface area contributed by atoms with Crippen molar-refractivity contribution in [2.45, 2.75) is 65.8 Å². The lowest BCUT2D eigenvalue weighted by Gasteiger charge is -2.39. The van der Waals surface area contributed by atoms with Gasteiger partial charge in [0, 0.05) is 30.7 Å². The quantitative estimate of drug-likeness (QED) is 0.138. The molecule has 0 spiro atoms. The molecule has 3 aromatic carbocycles. The Bertz CT molecular complexity index is 1840. The van der Waals surface area contributed by atoms with Crippen LogP contribution in [0.5, 0.6) is 11.8 Å². The highest BCUT2D eigenvalue weighted by Crippen LogP contribution is 2.39. The van der Waals surface area contributed by atoms with Gasteiger partial charge in [0.15, 0.2) is 0 Å². The van der Waals surface area contributed by atoms with Crippen molar-refractivity contribution in [2.24, 2.45) is 30.0 Å². The van der Waals surface area contributed by atoms with Crippen LogP contribution in [0.2, 0.25) is 0 Å². The van der Waals surface area contributed by atoms with Gasteiger partial charge >= 0.3 is 6.09 Å². The molecule has 9 nitrogen and oxygen atoms in total. The highest BCUT2D eigenvalue weighted by molar-refractivity contribution is 5.96. The number of hydrogen-bond donors (Lipinski definition) is 2. The third-order valence-electron chi connectivity index (χ3n) is 9.40. The van der Waals surface area contributed by atoms with Crippen molar-refractivity contribution < 1.29 is 19.0 Å². The molecule has 1 unspecified atom stereocenters. The summed E-state index contributed by atoms with van der Waals surface area (Å²) in [5, 5.41) is 9.63. The van der Waals surface area contributed by atoms with E-state index in [4.69, 9.17) is 30.0 Å². The zero-order valence-corrected chi connectivity index (χ0v) is 28.9. The number of anilines is 1. The van der Waals surface area contributed by atoms with E-state index in [0.29, 0.717) is 36.8 Å². The van der Waals surface area contributed by atoms with Gasteiger partial charge in [-0.1, -0.05) is 81.4 Å². The van der Waals surface area contributed by atoms with Gasteiger partial charge in [-0.25, -0.2) is 4.79 Å². The number of nitrogens with zero attached hydrogens (tertiary/aromatic N) is 3. The topological polar surface area (TPSA) is 114 Å². The average Bonchev–Trinajstić information content (AvgIpc) is 3.43. The van der Waals surface area contributed by atoms with Gasteiger partial charge in [-0.2, -0.15) is 10.1 Å². The molecule has 1 atom stereocenters. The number of carbonyl (C=O) groups excluding carboxylic acids is 1. The molecular formula is C40H47N5O4. The number of pyridine rings is 1. The van der Waals surface area contributed by atoms with E-state index < -0.39 is 6.09 Å². The van der Waals surface area contributed by atoms with Crippen LogP contribution < -0.4 is 20.5 Å². The molecular weight excluding hydrogens is 614 g/mol. The van der Waals surface area contributed by atoms with E-state index in [1.165, 1.54) is 0 Å². The van der Waals surface area contributed by atoms with Crippen LogP contribution in [-0.2, 0) is 25.0 Å². The van der Waals surface area contributed by atoms with E-state index in [1.54, 1.807) is 0 Å². The number of aromatic nitrogens is 3. The van der Waals surface area contributed by atoms with Crippen LogP contribution in [0.25, 0.3) is 22.2 Å². The number of primary amides is 1. The Morgan fingerprint density at radius 1 is 0.898 bits per heavy atom. The molecule has 49 heavy (non-hydrogen) atoms. The van der Waals surface area contributed by atoms with Crippen molar-refractivity contribution in [1.82, 2.24) is 14.8 Å². The molecule has 6 rings (SSSR count). The van der Waals surface area contributed by atoms with E-state index >= 15 is 0 Å². The van der Waals surface area contributed by atoms with Gasteiger partial charge < -0.3 is 25.3 Å². The molecule has 256 valence electrons. The van der Waals surface area contributed by atoms with Gasteiger partial charge in [0.2, 0.25) is 11.8 Å². The maximum absolute atomic E-state index is 11.6. The SMILES string of the molecule is Cn1nc(-c2ccc(OCc3ccccc3)nc2OCc2ccccc2)c2ccc(NCC3CCC(C(OC(N)=O)C(C)(C)C)CC3)cc21. The first-order chi connectivity index (χ1) is 23.6. The minimum atomic E-state index is -0.686. The number of nitrogens with two attached hydrogens (primary N) is 1. The molecule has 1 fully saturated rings. The zero-order valence-electron chi connectivity index (χ0n) is 28.9. The number of hydrogen-bond acceptors (Lipinski definition) is 7. The molecule has 0 bridgehead atoms. The van der Waals surface area contributed by atoms with Crippen LogP contribution in [0.15, 0.2) is 91.0 Å². The van der Waals surface area contributed by atoms with Crippen LogP contribution in [0.4, 0.5) is 10.5 Å². The summed E-state index contributed by atoms with van der Waals surface area (Å²) >= 11 is 0. The molecule has 0 aliphatic heterocycles. The summed E-state index contributed by atoms with van der Waals surface area (Å²) in [7, 11) is 1.96. The smallest absolute Gasteiger partial charge is 0.404 e.